The number of rotatable bonds is 4. The molecule has 1 saturated carbocycles. The lowest BCUT2D eigenvalue weighted by molar-refractivity contribution is -0.144. The van der Waals surface area contributed by atoms with Gasteiger partial charge in [-0.05, 0) is 43.9 Å². The molecule has 3 N–H and O–H groups in total. The monoisotopic (exact) mass is 249 g/mol. The smallest absolute Gasteiger partial charge is 0.311 e. The van der Waals surface area contributed by atoms with Crippen LogP contribution in [-0.2, 0) is 4.79 Å². The second-order valence-electron chi connectivity index (χ2n) is 5.14. The van der Waals surface area contributed by atoms with Crippen LogP contribution >= 0.6 is 0 Å². The summed E-state index contributed by atoms with van der Waals surface area (Å²) in [6.45, 7) is 3.93. The molecule has 0 bridgehead atoms. The first kappa shape index (κ1) is 12.9. The van der Waals surface area contributed by atoms with Gasteiger partial charge in [0.1, 0.15) is 5.75 Å². The van der Waals surface area contributed by atoms with Gasteiger partial charge in [-0.15, -0.1) is 0 Å². The van der Waals surface area contributed by atoms with E-state index in [-0.39, 0.29) is 0 Å². The molecule has 18 heavy (non-hydrogen) atoms. The fourth-order valence-electron chi connectivity index (χ4n) is 2.58. The van der Waals surface area contributed by atoms with E-state index in [2.05, 4.69) is 0 Å². The molecule has 1 fully saturated rings. The van der Waals surface area contributed by atoms with Crippen molar-refractivity contribution in [3.8, 4) is 5.75 Å². The Labute approximate surface area is 107 Å². The van der Waals surface area contributed by atoms with Crippen LogP contribution in [0.5, 0.6) is 5.75 Å². The van der Waals surface area contributed by atoms with Crippen LogP contribution in [0.4, 0.5) is 0 Å². The molecule has 0 saturated heterocycles. The summed E-state index contributed by atoms with van der Waals surface area (Å²) in [4.78, 5) is 11.4. The number of methoxy groups -OCH3 is 1. The molecule has 1 aromatic carbocycles. The number of carboxylic acid groups (broad SMARTS) is 1. The molecule has 0 heterocycles. The minimum Gasteiger partial charge on any atom is -0.496 e. The molecule has 0 aromatic heterocycles. The molecule has 2 rings (SSSR count). The van der Waals surface area contributed by atoms with E-state index in [1.54, 1.807) is 7.11 Å². The van der Waals surface area contributed by atoms with Crippen molar-refractivity contribution in [1.29, 1.82) is 0 Å². The number of hydrogen-bond acceptors (Lipinski definition) is 3. The van der Waals surface area contributed by atoms with Gasteiger partial charge in [0, 0.05) is 11.6 Å². The topological polar surface area (TPSA) is 72.5 Å². The highest BCUT2D eigenvalue weighted by atomic mass is 16.5. The van der Waals surface area contributed by atoms with E-state index in [1.165, 1.54) is 0 Å². The molecule has 1 unspecified atom stereocenters. The number of nitrogens with two attached hydrogens (primary N) is 1. The van der Waals surface area contributed by atoms with Gasteiger partial charge in [-0.25, -0.2) is 0 Å². The van der Waals surface area contributed by atoms with Crippen LogP contribution in [0.15, 0.2) is 12.1 Å². The van der Waals surface area contributed by atoms with Gasteiger partial charge in [0.2, 0.25) is 0 Å². The zero-order valence-corrected chi connectivity index (χ0v) is 11.0. The highest BCUT2D eigenvalue weighted by Crippen LogP contribution is 2.55. The van der Waals surface area contributed by atoms with Crippen molar-refractivity contribution < 1.29 is 14.6 Å². The molecule has 0 spiro atoms. The number of carbonyl (C=O) groups is 1. The Morgan fingerprint density at radius 2 is 2.06 bits per heavy atom. The molecule has 1 aliphatic carbocycles. The number of hydrogen-bond donors (Lipinski definition) is 2. The van der Waals surface area contributed by atoms with Gasteiger partial charge in [-0.3, -0.25) is 4.79 Å². The third kappa shape index (κ3) is 1.86. The lowest BCUT2D eigenvalue weighted by Crippen LogP contribution is -2.30. The Morgan fingerprint density at radius 3 is 2.50 bits per heavy atom. The normalized spacial score (nSPS) is 18.2. The number of benzene rings is 1. The van der Waals surface area contributed by atoms with Crippen molar-refractivity contribution in [3.05, 3.63) is 28.8 Å². The summed E-state index contributed by atoms with van der Waals surface area (Å²) in [7, 11) is 1.59. The van der Waals surface area contributed by atoms with Crippen molar-refractivity contribution in [1.82, 2.24) is 0 Å². The molecule has 4 nitrogen and oxygen atoms in total. The largest absolute Gasteiger partial charge is 0.496 e. The van der Waals surface area contributed by atoms with Gasteiger partial charge < -0.3 is 15.6 Å². The van der Waals surface area contributed by atoms with E-state index in [1.807, 2.05) is 26.0 Å². The maximum Gasteiger partial charge on any atom is 0.311 e. The summed E-state index contributed by atoms with van der Waals surface area (Å²) in [6, 6.07) is 3.40. The summed E-state index contributed by atoms with van der Waals surface area (Å²) < 4.78 is 5.36. The Balaban J connectivity index is 2.48. The first-order chi connectivity index (χ1) is 8.42. The molecule has 0 aliphatic heterocycles. The lowest BCUT2D eigenvalue weighted by atomic mass is 9.87. The zero-order valence-electron chi connectivity index (χ0n) is 11.0. The van der Waals surface area contributed by atoms with Crippen molar-refractivity contribution >= 4 is 5.97 Å². The molecule has 1 aliphatic rings. The second kappa shape index (κ2) is 4.28. The van der Waals surface area contributed by atoms with Crippen LogP contribution in [0.3, 0.4) is 0 Å². The first-order valence-corrected chi connectivity index (χ1v) is 6.06. The van der Waals surface area contributed by atoms with E-state index >= 15 is 0 Å². The van der Waals surface area contributed by atoms with E-state index in [9.17, 15) is 9.90 Å². The molecule has 1 aromatic rings. The molecule has 98 valence electrons. The van der Waals surface area contributed by atoms with Crippen LogP contribution in [0, 0.1) is 19.3 Å². The molecule has 1 atom stereocenters. The molecule has 0 radical (unpaired) electrons. The number of ether oxygens (including phenoxy) is 1. The predicted octanol–water partition coefficient (Wildman–Crippen LogP) is 2.18. The Bertz CT molecular complexity index is 492. The standard InChI is InChI=1S/C14H19NO3/c1-8-6-9(2)11(10(7-8)18-3)12(15)14(4-5-14)13(16)17/h6-7,12H,4-5,15H2,1-3H3,(H,16,17). The Morgan fingerprint density at radius 1 is 1.44 bits per heavy atom. The Kier molecular flexibility index (Phi) is 3.07. The number of carboxylic acids is 1. The predicted molar refractivity (Wildman–Crippen MR) is 68.7 cm³/mol. The van der Waals surface area contributed by atoms with E-state index in [4.69, 9.17) is 10.5 Å². The number of aryl methyl sites for hydroxylation is 2. The van der Waals surface area contributed by atoms with Gasteiger partial charge in [0.05, 0.1) is 12.5 Å². The van der Waals surface area contributed by atoms with Crippen molar-refractivity contribution in [2.24, 2.45) is 11.1 Å². The zero-order chi connectivity index (χ0) is 13.5. The third-order valence-electron chi connectivity index (χ3n) is 3.83. The van der Waals surface area contributed by atoms with Crippen LogP contribution in [-0.4, -0.2) is 18.2 Å². The van der Waals surface area contributed by atoms with E-state index in [0.29, 0.717) is 18.6 Å². The SMILES string of the molecule is COc1cc(C)cc(C)c1C(N)C1(C(=O)O)CC1. The minimum absolute atomic E-state index is 0.509. The molecular formula is C14H19NO3. The van der Waals surface area contributed by atoms with Gasteiger partial charge >= 0.3 is 5.97 Å². The third-order valence-corrected chi connectivity index (χ3v) is 3.83. The minimum atomic E-state index is -0.808. The van der Waals surface area contributed by atoms with Gasteiger partial charge in [-0.2, -0.15) is 0 Å². The average Bonchev–Trinajstić information content (AvgIpc) is 3.08. The maximum absolute atomic E-state index is 11.4. The quantitative estimate of drug-likeness (QED) is 0.857. The van der Waals surface area contributed by atoms with Crippen LogP contribution in [0.2, 0.25) is 0 Å². The number of aliphatic carboxylic acids is 1. The van der Waals surface area contributed by atoms with E-state index in [0.717, 1.165) is 16.7 Å². The molecule has 4 heteroatoms. The van der Waals surface area contributed by atoms with Crippen molar-refractivity contribution in [2.75, 3.05) is 7.11 Å². The molecule has 0 amide bonds. The van der Waals surface area contributed by atoms with Crippen LogP contribution in [0.1, 0.15) is 35.6 Å². The summed E-state index contributed by atoms with van der Waals surface area (Å²) in [5, 5.41) is 9.32. The fourth-order valence-corrected chi connectivity index (χ4v) is 2.58. The van der Waals surface area contributed by atoms with Crippen molar-refractivity contribution in [3.63, 3.8) is 0 Å². The van der Waals surface area contributed by atoms with Crippen LogP contribution < -0.4 is 10.5 Å². The van der Waals surface area contributed by atoms with E-state index < -0.39 is 17.4 Å². The van der Waals surface area contributed by atoms with Crippen LogP contribution in [0.25, 0.3) is 0 Å². The highest BCUT2D eigenvalue weighted by molar-refractivity contribution is 5.79. The van der Waals surface area contributed by atoms with Gasteiger partial charge in [0.15, 0.2) is 0 Å². The average molecular weight is 249 g/mol. The molecular weight excluding hydrogens is 230 g/mol. The lowest BCUT2D eigenvalue weighted by Gasteiger charge is -2.24. The van der Waals surface area contributed by atoms with Crippen molar-refractivity contribution in [2.45, 2.75) is 32.7 Å². The highest BCUT2D eigenvalue weighted by Gasteiger charge is 2.56. The summed E-state index contributed by atoms with van der Waals surface area (Å²) in [5.74, 6) is -0.121. The summed E-state index contributed by atoms with van der Waals surface area (Å²) >= 11 is 0. The first-order valence-electron chi connectivity index (χ1n) is 6.06. The summed E-state index contributed by atoms with van der Waals surface area (Å²) in [6.07, 6.45) is 1.28. The maximum atomic E-state index is 11.4. The fraction of sp³-hybridized carbons (Fsp3) is 0.500. The summed E-state index contributed by atoms with van der Waals surface area (Å²) in [5.41, 5.74) is 8.30. The Hall–Kier alpha value is -1.55. The van der Waals surface area contributed by atoms with Gasteiger partial charge in [-0.1, -0.05) is 6.07 Å². The van der Waals surface area contributed by atoms with Gasteiger partial charge in [0.25, 0.3) is 0 Å². The second-order valence-corrected chi connectivity index (χ2v) is 5.14.